The van der Waals surface area contributed by atoms with Crippen molar-refractivity contribution in [3.8, 4) is 5.75 Å². The van der Waals surface area contributed by atoms with Gasteiger partial charge in [0.1, 0.15) is 23.7 Å². The number of benzene rings is 1. The number of fused-ring (bicyclic) bond motifs is 1. The molecule has 5 heteroatoms. The van der Waals surface area contributed by atoms with E-state index in [0.717, 1.165) is 27.9 Å². The number of aryl methyl sites for hydroxylation is 1. The molecule has 5 nitrogen and oxygen atoms in total. The number of anilines is 1. The third-order valence-corrected chi connectivity index (χ3v) is 3.23. The maximum Gasteiger partial charge on any atom is 0.146 e. The van der Waals surface area contributed by atoms with Crippen LogP contribution in [0.4, 0.5) is 5.82 Å². The number of rotatable bonds is 4. The predicted octanol–water partition coefficient (Wildman–Crippen LogP) is 2.80. The number of para-hydroxylation sites is 1. The van der Waals surface area contributed by atoms with Crippen LogP contribution in [0.15, 0.2) is 48.7 Å². The van der Waals surface area contributed by atoms with Gasteiger partial charge in [-0.15, -0.1) is 0 Å². The molecule has 2 heterocycles. The molecule has 0 aliphatic heterocycles. The van der Waals surface area contributed by atoms with Gasteiger partial charge in [0.05, 0.1) is 0 Å². The number of ether oxygens (including phenoxy) is 1. The summed E-state index contributed by atoms with van der Waals surface area (Å²) >= 11 is 0. The minimum absolute atomic E-state index is 0.377. The van der Waals surface area contributed by atoms with Gasteiger partial charge in [0.25, 0.3) is 0 Å². The molecule has 1 aromatic carbocycles. The van der Waals surface area contributed by atoms with E-state index in [4.69, 9.17) is 10.6 Å². The Balaban J connectivity index is 1.90. The summed E-state index contributed by atoms with van der Waals surface area (Å²) < 4.78 is 5.90. The van der Waals surface area contributed by atoms with Crippen molar-refractivity contribution in [2.24, 2.45) is 5.84 Å². The van der Waals surface area contributed by atoms with E-state index in [0.29, 0.717) is 12.4 Å². The molecule has 0 aliphatic carbocycles. The highest BCUT2D eigenvalue weighted by molar-refractivity contribution is 5.84. The Hall–Kier alpha value is -2.66. The summed E-state index contributed by atoms with van der Waals surface area (Å²) in [5.74, 6) is 6.82. The van der Waals surface area contributed by atoms with Gasteiger partial charge in [-0.25, -0.2) is 15.8 Å². The molecule has 0 spiro atoms. The van der Waals surface area contributed by atoms with Crippen molar-refractivity contribution in [3.05, 3.63) is 59.9 Å². The van der Waals surface area contributed by atoms with Crippen LogP contribution >= 0.6 is 0 Å². The first-order valence-electron chi connectivity index (χ1n) is 6.67. The number of nitrogens with zero attached hydrogens (tertiary/aromatic N) is 2. The molecule has 0 atom stereocenters. The highest BCUT2D eigenvalue weighted by Gasteiger charge is 2.06. The van der Waals surface area contributed by atoms with Gasteiger partial charge in [-0.3, -0.25) is 0 Å². The van der Waals surface area contributed by atoms with Gasteiger partial charge in [-0.1, -0.05) is 24.3 Å². The molecule has 0 aliphatic rings. The van der Waals surface area contributed by atoms with Gasteiger partial charge in [-0.2, -0.15) is 0 Å². The Morgan fingerprint density at radius 3 is 2.90 bits per heavy atom. The summed E-state index contributed by atoms with van der Waals surface area (Å²) in [6.07, 6.45) is 1.68. The quantitative estimate of drug-likeness (QED) is 0.568. The van der Waals surface area contributed by atoms with Gasteiger partial charge < -0.3 is 10.2 Å². The Kier molecular flexibility index (Phi) is 3.66. The molecule has 0 bridgehead atoms. The molecule has 2 aromatic heterocycles. The van der Waals surface area contributed by atoms with Crippen LogP contribution in [0.2, 0.25) is 0 Å². The molecule has 0 saturated heterocycles. The average Bonchev–Trinajstić information content (AvgIpc) is 2.53. The molecular weight excluding hydrogens is 264 g/mol. The number of hydrogen-bond donors (Lipinski definition) is 2. The summed E-state index contributed by atoms with van der Waals surface area (Å²) in [5.41, 5.74) is 5.29. The first-order valence-corrected chi connectivity index (χ1v) is 6.67. The summed E-state index contributed by atoms with van der Waals surface area (Å²) in [7, 11) is 0. The van der Waals surface area contributed by atoms with Crippen molar-refractivity contribution in [1.29, 1.82) is 0 Å². The second-order valence-electron chi connectivity index (χ2n) is 4.72. The van der Waals surface area contributed by atoms with Crippen LogP contribution in [0, 0.1) is 6.92 Å². The van der Waals surface area contributed by atoms with Crippen LogP contribution in [-0.4, -0.2) is 9.97 Å². The summed E-state index contributed by atoms with van der Waals surface area (Å²) in [4.78, 5) is 8.70. The molecule has 3 rings (SSSR count). The Morgan fingerprint density at radius 2 is 2.05 bits per heavy atom. The second kappa shape index (κ2) is 5.76. The van der Waals surface area contributed by atoms with Crippen molar-refractivity contribution in [1.82, 2.24) is 9.97 Å². The molecule has 0 saturated carbocycles. The number of hydrazine groups is 1. The van der Waals surface area contributed by atoms with Crippen molar-refractivity contribution < 1.29 is 4.74 Å². The molecule has 0 amide bonds. The lowest BCUT2D eigenvalue weighted by Crippen LogP contribution is -2.12. The van der Waals surface area contributed by atoms with E-state index >= 15 is 0 Å². The van der Waals surface area contributed by atoms with Crippen molar-refractivity contribution >= 4 is 16.7 Å². The smallest absolute Gasteiger partial charge is 0.146 e. The topological polar surface area (TPSA) is 73.1 Å². The summed E-state index contributed by atoms with van der Waals surface area (Å²) in [6.45, 7) is 2.34. The van der Waals surface area contributed by atoms with Crippen LogP contribution in [0.5, 0.6) is 5.75 Å². The number of nitrogens with two attached hydrogens (primary N) is 1. The van der Waals surface area contributed by atoms with E-state index < -0.39 is 0 Å². The normalized spacial score (nSPS) is 10.6. The number of nitrogen functional groups attached to an aromatic ring is 1. The van der Waals surface area contributed by atoms with E-state index in [1.54, 1.807) is 6.20 Å². The zero-order chi connectivity index (χ0) is 14.7. The number of hydrogen-bond acceptors (Lipinski definition) is 5. The minimum atomic E-state index is 0.377. The van der Waals surface area contributed by atoms with E-state index in [-0.39, 0.29) is 0 Å². The van der Waals surface area contributed by atoms with Crippen LogP contribution in [-0.2, 0) is 6.61 Å². The van der Waals surface area contributed by atoms with Gasteiger partial charge >= 0.3 is 0 Å². The maximum absolute atomic E-state index is 5.90. The van der Waals surface area contributed by atoms with Gasteiger partial charge in [0, 0.05) is 22.8 Å². The van der Waals surface area contributed by atoms with Gasteiger partial charge in [-0.05, 0) is 25.1 Å². The lowest BCUT2D eigenvalue weighted by atomic mass is 10.2. The highest BCUT2D eigenvalue weighted by Crippen LogP contribution is 2.25. The van der Waals surface area contributed by atoms with Crippen LogP contribution in [0.25, 0.3) is 10.9 Å². The van der Waals surface area contributed by atoms with Crippen molar-refractivity contribution in [3.63, 3.8) is 0 Å². The summed E-state index contributed by atoms with van der Waals surface area (Å²) in [6, 6.07) is 13.7. The van der Waals surface area contributed by atoms with Gasteiger partial charge in [0.15, 0.2) is 0 Å². The van der Waals surface area contributed by atoms with Gasteiger partial charge in [0.2, 0.25) is 0 Å². The van der Waals surface area contributed by atoms with E-state index in [2.05, 4.69) is 15.4 Å². The first-order chi connectivity index (χ1) is 10.3. The van der Waals surface area contributed by atoms with Crippen LogP contribution in [0.1, 0.15) is 11.3 Å². The average molecular weight is 280 g/mol. The van der Waals surface area contributed by atoms with E-state index in [1.165, 1.54) is 0 Å². The van der Waals surface area contributed by atoms with Crippen LogP contribution in [0.3, 0.4) is 0 Å². The van der Waals surface area contributed by atoms with Crippen molar-refractivity contribution in [2.45, 2.75) is 13.5 Å². The molecule has 0 unspecified atom stereocenters. The lowest BCUT2D eigenvalue weighted by Gasteiger charge is -2.11. The molecule has 106 valence electrons. The first kappa shape index (κ1) is 13.3. The third-order valence-electron chi connectivity index (χ3n) is 3.23. The third kappa shape index (κ3) is 2.78. The minimum Gasteiger partial charge on any atom is -0.486 e. The highest BCUT2D eigenvalue weighted by atomic mass is 16.5. The molecule has 3 N–H and O–H groups in total. The molecule has 0 fully saturated rings. The molecule has 21 heavy (non-hydrogen) atoms. The maximum atomic E-state index is 5.90. The zero-order valence-corrected chi connectivity index (χ0v) is 11.7. The number of nitrogens with one attached hydrogen (secondary N) is 1. The Labute approximate surface area is 122 Å². The number of pyridine rings is 2. The van der Waals surface area contributed by atoms with Crippen molar-refractivity contribution in [2.75, 3.05) is 5.43 Å². The largest absolute Gasteiger partial charge is 0.486 e. The summed E-state index contributed by atoms with van der Waals surface area (Å²) in [5, 5.41) is 1.06. The fourth-order valence-electron chi connectivity index (χ4n) is 2.17. The monoisotopic (exact) mass is 280 g/mol. The standard InChI is InChI=1S/C16H16N4O/c1-11-7-8-12-4-2-6-14(15(12)19-11)21-10-13-5-3-9-18-16(13)20-17/h2-9H,10,17H2,1H3,(H,18,20). The molecule has 0 radical (unpaired) electrons. The molecule has 3 aromatic rings. The SMILES string of the molecule is Cc1ccc2cccc(OCc3cccnc3NN)c2n1. The Morgan fingerprint density at radius 1 is 1.14 bits per heavy atom. The molecular formula is C16H16N4O. The van der Waals surface area contributed by atoms with E-state index in [9.17, 15) is 0 Å². The lowest BCUT2D eigenvalue weighted by molar-refractivity contribution is 0.309. The second-order valence-corrected chi connectivity index (χ2v) is 4.72. The van der Waals surface area contributed by atoms with E-state index in [1.807, 2.05) is 49.4 Å². The fourth-order valence-corrected chi connectivity index (χ4v) is 2.17. The van der Waals surface area contributed by atoms with Crippen LogP contribution < -0.4 is 16.0 Å². The predicted molar refractivity (Wildman–Crippen MR) is 82.9 cm³/mol. The Bertz CT molecular complexity index is 773. The number of aromatic nitrogens is 2. The fraction of sp³-hybridized carbons (Fsp3) is 0.125. The zero-order valence-electron chi connectivity index (χ0n) is 11.7.